The maximum atomic E-state index is 5.93. The highest BCUT2D eigenvalue weighted by atomic mass is 32.1. The summed E-state index contributed by atoms with van der Waals surface area (Å²) in [7, 11) is 0. The van der Waals surface area contributed by atoms with Crippen molar-refractivity contribution in [1.29, 1.82) is 0 Å². The first-order valence-corrected chi connectivity index (χ1v) is 6.30. The Hall–Kier alpha value is -1.40. The molecule has 0 aliphatic carbocycles. The fraction of sp³-hybridized carbons (Fsp3) is 0.455. The van der Waals surface area contributed by atoms with Gasteiger partial charge in [0.25, 0.3) is 5.89 Å². The Labute approximate surface area is 104 Å². The lowest BCUT2D eigenvalue weighted by Crippen LogP contribution is -2.01. The second-order valence-corrected chi connectivity index (χ2v) is 4.60. The monoisotopic (exact) mass is 253 g/mol. The van der Waals surface area contributed by atoms with Gasteiger partial charge in [-0.15, -0.1) is 11.3 Å². The topological polar surface area (TPSA) is 74.2 Å². The van der Waals surface area contributed by atoms with Crippen LogP contribution in [0.3, 0.4) is 0 Å². The van der Waals surface area contributed by atoms with Crippen molar-refractivity contribution >= 4 is 17.0 Å². The van der Waals surface area contributed by atoms with E-state index in [1.807, 2.05) is 26.2 Å². The van der Waals surface area contributed by atoms with Crippen molar-refractivity contribution in [2.24, 2.45) is 0 Å². The largest absolute Gasteiger partial charge is 0.397 e. The van der Waals surface area contributed by atoms with E-state index in [1.165, 1.54) is 11.3 Å². The van der Waals surface area contributed by atoms with Gasteiger partial charge in [-0.3, -0.25) is 0 Å². The minimum atomic E-state index is -0.167. The molecule has 0 fully saturated rings. The fourth-order valence-corrected chi connectivity index (χ4v) is 2.33. The van der Waals surface area contributed by atoms with Crippen LogP contribution in [-0.4, -0.2) is 16.7 Å². The molecule has 0 amide bonds. The average Bonchev–Trinajstić information content (AvgIpc) is 2.88. The first-order valence-electron chi connectivity index (χ1n) is 5.42. The van der Waals surface area contributed by atoms with Crippen LogP contribution in [0, 0.1) is 6.92 Å². The summed E-state index contributed by atoms with van der Waals surface area (Å²) >= 11 is 1.51. The first kappa shape index (κ1) is 12.1. The predicted octanol–water partition coefficient (Wildman–Crippen LogP) is 2.79. The second-order valence-electron chi connectivity index (χ2n) is 3.72. The zero-order valence-corrected chi connectivity index (χ0v) is 10.9. The Bertz CT molecular complexity index is 507. The maximum Gasteiger partial charge on any atom is 0.270 e. The fourth-order valence-electron chi connectivity index (χ4n) is 1.44. The molecule has 0 aliphatic heterocycles. The summed E-state index contributed by atoms with van der Waals surface area (Å²) in [6, 6.07) is 0. The van der Waals surface area contributed by atoms with Gasteiger partial charge >= 0.3 is 0 Å². The minimum absolute atomic E-state index is 0.167. The Morgan fingerprint density at radius 1 is 1.59 bits per heavy atom. The Morgan fingerprint density at radius 2 is 2.35 bits per heavy atom. The van der Waals surface area contributed by atoms with E-state index in [-0.39, 0.29) is 6.10 Å². The summed E-state index contributed by atoms with van der Waals surface area (Å²) in [6.45, 7) is 6.39. The quantitative estimate of drug-likeness (QED) is 0.906. The standard InChI is InChI=1S/C11H15N3O2S/c1-4-15-7(3)10-13-11(16-14-10)9-8(12)6(2)5-17-9/h5,7H,4,12H2,1-3H3. The molecule has 0 saturated heterocycles. The van der Waals surface area contributed by atoms with E-state index in [0.717, 1.165) is 10.4 Å². The molecule has 6 heteroatoms. The molecule has 1 unspecified atom stereocenters. The number of aromatic nitrogens is 2. The Morgan fingerprint density at radius 3 is 2.94 bits per heavy atom. The molecule has 0 spiro atoms. The molecule has 2 N–H and O–H groups in total. The lowest BCUT2D eigenvalue weighted by Gasteiger charge is -2.04. The van der Waals surface area contributed by atoms with Crippen molar-refractivity contribution in [2.75, 3.05) is 12.3 Å². The number of nitrogen functional groups attached to an aromatic ring is 1. The Balaban J connectivity index is 2.27. The molecule has 2 rings (SSSR count). The Kier molecular flexibility index (Phi) is 3.44. The number of nitrogens with zero attached hydrogens (tertiary/aromatic N) is 2. The van der Waals surface area contributed by atoms with Crippen molar-refractivity contribution in [2.45, 2.75) is 26.9 Å². The molecule has 0 saturated carbocycles. The van der Waals surface area contributed by atoms with E-state index in [1.54, 1.807) is 0 Å². The molecule has 0 bridgehead atoms. The van der Waals surface area contributed by atoms with E-state index in [4.69, 9.17) is 15.0 Å². The van der Waals surface area contributed by atoms with Crippen LogP contribution in [0.1, 0.15) is 31.3 Å². The summed E-state index contributed by atoms with van der Waals surface area (Å²) < 4.78 is 10.6. The van der Waals surface area contributed by atoms with Gasteiger partial charge in [0.05, 0.1) is 5.69 Å². The van der Waals surface area contributed by atoms with Gasteiger partial charge in [0.2, 0.25) is 5.82 Å². The van der Waals surface area contributed by atoms with Gasteiger partial charge < -0.3 is 15.0 Å². The molecule has 5 nitrogen and oxygen atoms in total. The summed E-state index contributed by atoms with van der Waals surface area (Å²) in [5, 5.41) is 5.87. The number of thiophene rings is 1. The smallest absolute Gasteiger partial charge is 0.270 e. The van der Waals surface area contributed by atoms with Crippen LogP contribution in [0.15, 0.2) is 9.90 Å². The molecule has 0 aromatic carbocycles. The van der Waals surface area contributed by atoms with Crippen LogP contribution >= 0.6 is 11.3 Å². The van der Waals surface area contributed by atoms with E-state index in [0.29, 0.717) is 24.0 Å². The summed E-state index contributed by atoms with van der Waals surface area (Å²) in [5.41, 5.74) is 7.66. The van der Waals surface area contributed by atoms with Gasteiger partial charge in [-0.1, -0.05) is 5.16 Å². The highest BCUT2D eigenvalue weighted by Gasteiger charge is 2.18. The normalized spacial score (nSPS) is 12.9. The maximum absolute atomic E-state index is 5.93. The van der Waals surface area contributed by atoms with E-state index in [2.05, 4.69) is 10.1 Å². The van der Waals surface area contributed by atoms with Gasteiger partial charge in [0.15, 0.2) is 0 Å². The number of hydrogen-bond donors (Lipinski definition) is 1. The molecule has 2 heterocycles. The molecule has 1 atom stereocenters. The van der Waals surface area contributed by atoms with Crippen LogP contribution in [0.25, 0.3) is 10.8 Å². The SMILES string of the molecule is CCOC(C)c1noc(-c2scc(C)c2N)n1. The van der Waals surface area contributed by atoms with Crippen LogP contribution in [0.4, 0.5) is 5.69 Å². The van der Waals surface area contributed by atoms with E-state index >= 15 is 0 Å². The zero-order chi connectivity index (χ0) is 12.4. The van der Waals surface area contributed by atoms with Crippen molar-refractivity contribution in [1.82, 2.24) is 10.1 Å². The molecule has 17 heavy (non-hydrogen) atoms. The number of nitrogens with two attached hydrogens (primary N) is 1. The second kappa shape index (κ2) is 4.85. The van der Waals surface area contributed by atoms with Crippen molar-refractivity contribution in [3.05, 3.63) is 16.8 Å². The van der Waals surface area contributed by atoms with Crippen molar-refractivity contribution in [3.8, 4) is 10.8 Å². The molecule has 92 valence electrons. The number of aryl methyl sites for hydroxylation is 1. The predicted molar refractivity (Wildman–Crippen MR) is 66.8 cm³/mol. The number of hydrogen-bond acceptors (Lipinski definition) is 6. The number of rotatable bonds is 4. The average molecular weight is 253 g/mol. The molecular formula is C11H15N3O2S. The van der Waals surface area contributed by atoms with Crippen LogP contribution < -0.4 is 5.73 Å². The molecular weight excluding hydrogens is 238 g/mol. The lowest BCUT2D eigenvalue weighted by molar-refractivity contribution is 0.0683. The highest BCUT2D eigenvalue weighted by molar-refractivity contribution is 7.14. The van der Waals surface area contributed by atoms with Gasteiger partial charge in [0, 0.05) is 6.61 Å². The molecule has 2 aromatic rings. The third-order valence-electron chi connectivity index (χ3n) is 2.44. The van der Waals surface area contributed by atoms with Gasteiger partial charge in [-0.25, -0.2) is 0 Å². The van der Waals surface area contributed by atoms with Crippen LogP contribution in [0.2, 0.25) is 0 Å². The van der Waals surface area contributed by atoms with Crippen LogP contribution in [0.5, 0.6) is 0 Å². The molecule has 0 radical (unpaired) electrons. The van der Waals surface area contributed by atoms with Crippen molar-refractivity contribution < 1.29 is 9.26 Å². The lowest BCUT2D eigenvalue weighted by atomic mass is 10.3. The van der Waals surface area contributed by atoms with E-state index < -0.39 is 0 Å². The number of anilines is 1. The van der Waals surface area contributed by atoms with Crippen LogP contribution in [-0.2, 0) is 4.74 Å². The van der Waals surface area contributed by atoms with Crippen molar-refractivity contribution in [3.63, 3.8) is 0 Å². The van der Waals surface area contributed by atoms with Gasteiger partial charge in [0.1, 0.15) is 11.0 Å². The summed E-state index contributed by atoms with van der Waals surface area (Å²) in [4.78, 5) is 5.12. The molecule has 0 aliphatic rings. The molecule has 2 aromatic heterocycles. The summed E-state index contributed by atoms with van der Waals surface area (Å²) in [6.07, 6.45) is -0.167. The first-order chi connectivity index (χ1) is 8.13. The third-order valence-corrected chi connectivity index (χ3v) is 3.54. The van der Waals surface area contributed by atoms with E-state index in [9.17, 15) is 0 Å². The van der Waals surface area contributed by atoms with Gasteiger partial charge in [-0.2, -0.15) is 4.98 Å². The minimum Gasteiger partial charge on any atom is -0.397 e. The number of ether oxygens (including phenoxy) is 1. The summed E-state index contributed by atoms with van der Waals surface area (Å²) in [5.74, 6) is 1.01. The highest BCUT2D eigenvalue weighted by Crippen LogP contribution is 2.34. The zero-order valence-electron chi connectivity index (χ0n) is 10.1. The van der Waals surface area contributed by atoms with Gasteiger partial charge in [-0.05, 0) is 31.7 Å². The third kappa shape index (κ3) is 2.32.